The van der Waals surface area contributed by atoms with Gasteiger partial charge in [-0.2, -0.15) is 0 Å². The zero-order chi connectivity index (χ0) is 22.8. The molecule has 0 spiro atoms. The summed E-state index contributed by atoms with van der Waals surface area (Å²) in [7, 11) is 1.55. The fourth-order valence-electron chi connectivity index (χ4n) is 3.27. The number of fused-ring (bicyclic) bond motifs is 1. The van der Waals surface area contributed by atoms with Gasteiger partial charge in [0.2, 0.25) is 5.91 Å². The summed E-state index contributed by atoms with van der Waals surface area (Å²) in [4.78, 5) is 30.1. The van der Waals surface area contributed by atoms with Gasteiger partial charge in [0, 0.05) is 29.8 Å². The third-order valence-electron chi connectivity index (χ3n) is 4.75. The predicted octanol–water partition coefficient (Wildman–Crippen LogP) is 5.48. The van der Waals surface area contributed by atoms with Gasteiger partial charge in [-0.3, -0.25) is 9.69 Å². The van der Waals surface area contributed by atoms with Crippen LogP contribution in [0.4, 0.5) is 10.8 Å². The number of halogens is 1. The summed E-state index contributed by atoms with van der Waals surface area (Å²) >= 11 is 7.67. The van der Waals surface area contributed by atoms with Gasteiger partial charge in [0.25, 0.3) is 0 Å². The number of aromatic nitrogens is 1. The van der Waals surface area contributed by atoms with Crippen LogP contribution < -0.4 is 20.0 Å². The maximum absolute atomic E-state index is 12.4. The Bertz CT molecular complexity index is 1360. The van der Waals surface area contributed by atoms with Gasteiger partial charge in [0.15, 0.2) is 5.13 Å². The highest BCUT2D eigenvalue weighted by Crippen LogP contribution is 2.36. The van der Waals surface area contributed by atoms with E-state index >= 15 is 0 Å². The molecular formula is C23H19ClN2O5S. The zero-order valence-corrected chi connectivity index (χ0v) is 19.1. The lowest BCUT2D eigenvalue weighted by atomic mass is 10.1. The smallest absolute Gasteiger partial charge is 0.336 e. The summed E-state index contributed by atoms with van der Waals surface area (Å²) in [5.74, 6) is 0.741. The van der Waals surface area contributed by atoms with Crippen LogP contribution in [0, 0.1) is 6.92 Å². The number of rotatable bonds is 6. The first kappa shape index (κ1) is 21.9. The van der Waals surface area contributed by atoms with Crippen molar-refractivity contribution in [2.75, 3.05) is 12.0 Å². The van der Waals surface area contributed by atoms with Crippen molar-refractivity contribution in [2.45, 2.75) is 20.5 Å². The molecule has 7 nitrogen and oxygen atoms in total. The van der Waals surface area contributed by atoms with Crippen LogP contribution in [0.2, 0.25) is 5.02 Å². The van der Waals surface area contributed by atoms with Crippen LogP contribution in [0.1, 0.15) is 18.2 Å². The van der Waals surface area contributed by atoms with Crippen molar-refractivity contribution in [1.82, 2.24) is 4.98 Å². The molecule has 0 fully saturated rings. The Hall–Kier alpha value is -3.36. The quantitative estimate of drug-likeness (QED) is 0.347. The molecule has 2 aromatic heterocycles. The lowest BCUT2D eigenvalue weighted by molar-refractivity contribution is -0.115. The SMILES string of the molecule is COc1ccccc1N(C(C)=O)c1nc(COc2cc3oc(=O)cc(C)c3cc2Cl)cs1. The molecule has 0 aliphatic heterocycles. The lowest BCUT2D eigenvalue weighted by Gasteiger charge is -2.20. The van der Waals surface area contributed by atoms with Crippen LogP contribution in [0.5, 0.6) is 11.5 Å². The molecule has 0 saturated heterocycles. The number of benzene rings is 2. The number of carbonyl (C=O) groups is 1. The van der Waals surface area contributed by atoms with Gasteiger partial charge >= 0.3 is 5.63 Å². The third kappa shape index (κ3) is 4.32. The van der Waals surface area contributed by atoms with E-state index < -0.39 is 5.63 Å². The van der Waals surface area contributed by atoms with E-state index in [1.807, 2.05) is 19.1 Å². The molecule has 1 amide bonds. The van der Waals surface area contributed by atoms with Crippen LogP contribution in [0.15, 0.2) is 57.1 Å². The number of anilines is 2. The maximum atomic E-state index is 12.4. The Labute approximate surface area is 192 Å². The van der Waals surface area contributed by atoms with Gasteiger partial charge in [-0.05, 0) is 30.7 Å². The van der Waals surface area contributed by atoms with E-state index in [9.17, 15) is 9.59 Å². The third-order valence-corrected chi connectivity index (χ3v) is 5.92. The molecule has 0 aliphatic rings. The van der Waals surface area contributed by atoms with Crippen molar-refractivity contribution < 1.29 is 18.7 Å². The fraction of sp³-hybridized carbons (Fsp3) is 0.174. The average molecular weight is 471 g/mol. The number of amides is 1. The second kappa shape index (κ2) is 9.02. The topological polar surface area (TPSA) is 81.9 Å². The number of hydrogen-bond donors (Lipinski definition) is 0. The fourth-order valence-corrected chi connectivity index (χ4v) is 4.35. The average Bonchev–Trinajstić information content (AvgIpc) is 3.21. The number of nitrogens with zero attached hydrogens (tertiary/aromatic N) is 2. The van der Waals surface area contributed by atoms with Crippen molar-refractivity contribution in [3.05, 3.63) is 74.5 Å². The molecule has 32 heavy (non-hydrogen) atoms. The van der Waals surface area contributed by atoms with Crippen molar-refractivity contribution in [3.63, 3.8) is 0 Å². The molecule has 4 aromatic rings. The second-order valence-electron chi connectivity index (χ2n) is 6.96. The predicted molar refractivity (Wildman–Crippen MR) is 124 cm³/mol. The van der Waals surface area contributed by atoms with E-state index in [-0.39, 0.29) is 12.5 Å². The highest BCUT2D eigenvalue weighted by atomic mass is 35.5. The highest BCUT2D eigenvalue weighted by Gasteiger charge is 2.21. The molecular weight excluding hydrogens is 452 g/mol. The van der Waals surface area contributed by atoms with E-state index in [0.29, 0.717) is 38.6 Å². The van der Waals surface area contributed by atoms with Crippen molar-refractivity contribution in [2.24, 2.45) is 0 Å². The summed E-state index contributed by atoms with van der Waals surface area (Å²) in [6.07, 6.45) is 0. The molecule has 0 unspecified atom stereocenters. The van der Waals surface area contributed by atoms with E-state index in [2.05, 4.69) is 4.98 Å². The second-order valence-corrected chi connectivity index (χ2v) is 8.21. The largest absolute Gasteiger partial charge is 0.495 e. The van der Waals surface area contributed by atoms with Gasteiger partial charge in [-0.25, -0.2) is 9.78 Å². The Morgan fingerprint density at radius 2 is 2.00 bits per heavy atom. The Balaban J connectivity index is 1.59. The van der Waals surface area contributed by atoms with Crippen molar-refractivity contribution in [1.29, 1.82) is 0 Å². The number of hydrogen-bond acceptors (Lipinski definition) is 7. The summed E-state index contributed by atoms with van der Waals surface area (Å²) in [5.41, 5.74) is 1.95. The van der Waals surface area contributed by atoms with E-state index in [1.54, 1.807) is 36.8 Å². The monoisotopic (exact) mass is 470 g/mol. The Morgan fingerprint density at radius 3 is 2.75 bits per heavy atom. The molecule has 9 heteroatoms. The molecule has 0 atom stereocenters. The molecule has 2 heterocycles. The standard InChI is InChI=1S/C23H19ClN2O5S/c1-13-8-22(28)31-20-10-21(17(24)9-16(13)20)30-11-15-12-32-23(25-15)26(14(2)27)18-6-4-5-7-19(18)29-3/h4-10,12H,11H2,1-3H3. The number of thiazole rings is 1. The van der Waals surface area contributed by atoms with E-state index in [1.165, 1.54) is 29.2 Å². The zero-order valence-electron chi connectivity index (χ0n) is 17.5. The normalized spacial score (nSPS) is 10.9. The lowest BCUT2D eigenvalue weighted by Crippen LogP contribution is -2.23. The molecule has 0 N–H and O–H groups in total. The van der Waals surface area contributed by atoms with Crippen LogP contribution in [0.3, 0.4) is 0 Å². The number of carbonyl (C=O) groups excluding carboxylic acids is 1. The number of ether oxygens (including phenoxy) is 2. The first-order chi connectivity index (χ1) is 15.4. The summed E-state index contributed by atoms with van der Waals surface area (Å²) < 4.78 is 16.5. The van der Waals surface area contributed by atoms with Crippen LogP contribution >= 0.6 is 22.9 Å². The maximum Gasteiger partial charge on any atom is 0.336 e. The van der Waals surface area contributed by atoms with E-state index in [0.717, 1.165) is 10.9 Å². The molecule has 164 valence electrons. The van der Waals surface area contributed by atoms with Gasteiger partial charge in [-0.1, -0.05) is 23.7 Å². The molecule has 0 radical (unpaired) electrons. The molecule has 0 saturated carbocycles. The molecule has 4 rings (SSSR count). The molecule has 0 bridgehead atoms. The van der Waals surface area contributed by atoms with Gasteiger partial charge in [0.05, 0.1) is 23.5 Å². The Morgan fingerprint density at radius 1 is 1.22 bits per heavy atom. The number of methoxy groups -OCH3 is 1. The number of para-hydroxylation sites is 2. The van der Waals surface area contributed by atoms with Gasteiger partial charge in [-0.15, -0.1) is 11.3 Å². The Kier molecular flexibility index (Phi) is 6.16. The van der Waals surface area contributed by atoms with Crippen LogP contribution in [-0.2, 0) is 11.4 Å². The first-order valence-electron chi connectivity index (χ1n) is 9.62. The molecule has 0 aliphatic carbocycles. The van der Waals surface area contributed by atoms with Crippen LogP contribution in [0.25, 0.3) is 11.0 Å². The summed E-state index contributed by atoms with van der Waals surface area (Å²) in [5, 5.41) is 3.43. The van der Waals surface area contributed by atoms with Crippen molar-refractivity contribution >= 4 is 50.6 Å². The minimum absolute atomic E-state index is 0.120. The van der Waals surface area contributed by atoms with E-state index in [4.69, 9.17) is 25.5 Å². The minimum Gasteiger partial charge on any atom is -0.495 e. The summed E-state index contributed by atoms with van der Waals surface area (Å²) in [6, 6.07) is 11.9. The molecule has 2 aromatic carbocycles. The minimum atomic E-state index is -0.437. The number of aryl methyl sites for hydroxylation is 1. The van der Waals surface area contributed by atoms with Gasteiger partial charge < -0.3 is 13.9 Å². The van der Waals surface area contributed by atoms with Crippen LogP contribution in [-0.4, -0.2) is 18.0 Å². The van der Waals surface area contributed by atoms with Gasteiger partial charge in [0.1, 0.15) is 23.7 Å². The highest BCUT2D eigenvalue weighted by molar-refractivity contribution is 7.14. The van der Waals surface area contributed by atoms with Crippen molar-refractivity contribution in [3.8, 4) is 11.5 Å². The first-order valence-corrected chi connectivity index (χ1v) is 10.9. The summed E-state index contributed by atoms with van der Waals surface area (Å²) in [6.45, 7) is 3.40.